The SMILES string of the molecule is CCC(CNC(=O)OC(C)(C)C)NC(C)c1cccc2ccccc12. The van der Waals surface area contributed by atoms with Crippen molar-refractivity contribution < 1.29 is 9.53 Å². The van der Waals surface area contributed by atoms with Gasteiger partial charge < -0.3 is 15.4 Å². The summed E-state index contributed by atoms with van der Waals surface area (Å²) in [4.78, 5) is 11.8. The van der Waals surface area contributed by atoms with Crippen molar-refractivity contribution in [3.8, 4) is 0 Å². The molecule has 0 bridgehead atoms. The third kappa shape index (κ3) is 5.75. The molecule has 0 radical (unpaired) electrons. The molecular weight excluding hydrogens is 312 g/mol. The molecule has 0 aliphatic heterocycles. The summed E-state index contributed by atoms with van der Waals surface area (Å²) in [6.45, 7) is 10.4. The molecule has 0 aliphatic carbocycles. The standard InChI is InChI=1S/C21H30N2O2/c1-6-17(14-22-20(24)25-21(3,4)5)23-15(2)18-13-9-11-16-10-7-8-12-19(16)18/h7-13,15,17,23H,6,14H2,1-5H3,(H,22,24). The molecule has 2 aromatic rings. The second-order valence-corrected chi connectivity index (χ2v) is 7.44. The highest BCUT2D eigenvalue weighted by atomic mass is 16.6. The van der Waals surface area contributed by atoms with Crippen LogP contribution in [0.5, 0.6) is 0 Å². The van der Waals surface area contributed by atoms with Crippen LogP contribution in [0.25, 0.3) is 10.8 Å². The quantitative estimate of drug-likeness (QED) is 0.793. The third-order valence-electron chi connectivity index (χ3n) is 4.16. The molecule has 2 rings (SSSR count). The average molecular weight is 342 g/mol. The Morgan fingerprint density at radius 3 is 2.48 bits per heavy atom. The van der Waals surface area contributed by atoms with Crippen LogP contribution in [0.4, 0.5) is 4.79 Å². The van der Waals surface area contributed by atoms with E-state index >= 15 is 0 Å². The maximum Gasteiger partial charge on any atom is 0.407 e. The summed E-state index contributed by atoms with van der Waals surface area (Å²) < 4.78 is 5.30. The van der Waals surface area contributed by atoms with Crippen molar-refractivity contribution in [3.63, 3.8) is 0 Å². The van der Waals surface area contributed by atoms with E-state index in [1.807, 2.05) is 20.8 Å². The Balaban J connectivity index is 1.99. The van der Waals surface area contributed by atoms with E-state index in [2.05, 4.69) is 66.9 Å². The smallest absolute Gasteiger partial charge is 0.407 e. The van der Waals surface area contributed by atoms with E-state index in [9.17, 15) is 4.79 Å². The molecule has 2 N–H and O–H groups in total. The van der Waals surface area contributed by atoms with Gasteiger partial charge in [-0.2, -0.15) is 0 Å². The molecule has 0 saturated carbocycles. The number of benzene rings is 2. The minimum Gasteiger partial charge on any atom is -0.444 e. The fourth-order valence-corrected chi connectivity index (χ4v) is 2.91. The molecule has 1 amide bonds. The van der Waals surface area contributed by atoms with Crippen LogP contribution in [0.3, 0.4) is 0 Å². The van der Waals surface area contributed by atoms with Crippen molar-refractivity contribution >= 4 is 16.9 Å². The van der Waals surface area contributed by atoms with E-state index in [-0.39, 0.29) is 18.2 Å². The molecule has 2 unspecified atom stereocenters. The van der Waals surface area contributed by atoms with Gasteiger partial charge in [-0.25, -0.2) is 4.79 Å². The summed E-state index contributed by atoms with van der Waals surface area (Å²) in [5, 5.41) is 8.99. The molecule has 2 atom stereocenters. The molecule has 2 aromatic carbocycles. The lowest BCUT2D eigenvalue weighted by molar-refractivity contribution is 0.0521. The number of hydrogen-bond donors (Lipinski definition) is 2. The topological polar surface area (TPSA) is 50.4 Å². The van der Waals surface area contributed by atoms with E-state index in [1.54, 1.807) is 0 Å². The minimum absolute atomic E-state index is 0.182. The lowest BCUT2D eigenvalue weighted by Gasteiger charge is -2.25. The summed E-state index contributed by atoms with van der Waals surface area (Å²) >= 11 is 0. The highest BCUT2D eigenvalue weighted by Crippen LogP contribution is 2.24. The van der Waals surface area contributed by atoms with Gasteiger partial charge in [-0.15, -0.1) is 0 Å². The van der Waals surface area contributed by atoms with Gasteiger partial charge in [-0.05, 0) is 50.5 Å². The van der Waals surface area contributed by atoms with Crippen LogP contribution in [0, 0.1) is 0 Å². The van der Waals surface area contributed by atoms with Crippen LogP contribution in [0.1, 0.15) is 52.6 Å². The first-order chi connectivity index (χ1) is 11.8. The Hall–Kier alpha value is -2.07. The highest BCUT2D eigenvalue weighted by molar-refractivity contribution is 5.86. The lowest BCUT2D eigenvalue weighted by atomic mass is 9.99. The molecular formula is C21H30N2O2. The van der Waals surface area contributed by atoms with E-state index in [1.165, 1.54) is 16.3 Å². The Morgan fingerprint density at radius 1 is 1.12 bits per heavy atom. The normalized spacial score (nSPS) is 14.1. The molecule has 0 fully saturated rings. The minimum atomic E-state index is -0.477. The Bertz CT molecular complexity index is 701. The third-order valence-corrected chi connectivity index (χ3v) is 4.16. The second kappa shape index (κ2) is 8.34. The lowest BCUT2D eigenvalue weighted by Crippen LogP contribution is -2.43. The fourth-order valence-electron chi connectivity index (χ4n) is 2.91. The van der Waals surface area contributed by atoms with Crippen molar-refractivity contribution in [1.29, 1.82) is 0 Å². The zero-order valence-corrected chi connectivity index (χ0v) is 15.9. The van der Waals surface area contributed by atoms with Crippen LogP contribution in [0.2, 0.25) is 0 Å². The number of amides is 1. The van der Waals surface area contributed by atoms with Gasteiger partial charge in [0.1, 0.15) is 5.60 Å². The summed E-state index contributed by atoms with van der Waals surface area (Å²) in [6, 6.07) is 15.2. The molecule has 25 heavy (non-hydrogen) atoms. The van der Waals surface area contributed by atoms with Crippen molar-refractivity contribution in [2.75, 3.05) is 6.54 Å². The van der Waals surface area contributed by atoms with Crippen LogP contribution < -0.4 is 10.6 Å². The number of rotatable bonds is 6. The monoisotopic (exact) mass is 342 g/mol. The first kappa shape index (κ1) is 19.3. The van der Waals surface area contributed by atoms with Gasteiger partial charge in [0, 0.05) is 18.6 Å². The van der Waals surface area contributed by atoms with Crippen LogP contribution in [-0.4, -0.2) is 24.3 Å². The number of alkyl carbamates (subject to hydrolysis) is 1. The van der Waals surface area contributed by atoms with Gasteiger partial charge in [0.15, 0.2) is 0 Å². The second-order valence-electron chi connectivity index (χ2n) is 7.44. The van der Waals surface area contributed by atoms with E-state index in [0.29, 0.717) is 6.54 Å². The number of ether oxygens (including phenoxy) is 1. The number of fused-ring (bicyclic) bond motifs is 1. The van der Waals surface area contributed by atoms with Gasteiger partial charge in [-0.3, -0.25) is 0 Å². The Kier molecular flexibility index (Phi) is 6.43. The molecule has 4 heteroatoms. The highest BCUT2D eigenvalue weighted by Gasteiger charge is 2.18. The summed E-state index contributed by atoms with van der Waals surface area (Å²) in [7, 11) is 0. The average Bonchev–Trinajstić information content (AvgIpc) is 2.56. The van der Waals surface area contributed by atoms with Gasteiger partial charge in [0.05, 0.1) is 0 Å². The van der Waals surface area contributed by atoms with Gasteiger partial charge in [0.25, 0.3) is 0 Å². The predicted molar refractivity (Wildman–Crippen MR) is 104 cm³/mol. The molecule has 4 nitrogen and oxygen atoms in total. The van der Waals surface area contributed by atoms with Gasteiger partial charge in [0.2, 0.25) is 0 Å². The maximum absolute atomic E-state index is 11.8. The molecule has 136 valence electrons. The van der Waals surface area contributed by atoms with Crippen molar-refractivity contribution in [2.24, 2.45) is 0 Å². The molecule has 0 aliphatic rings. The van der Waals surface area contributed by atoms with Crippen LogP contribution >= 0.6 is 0 Å². The number of carbonyl (C=O) groups excluding carboxylic acids is 1. The van der Waals surface area contributed by atoms with Crippen LogP contribution in [-0.2, 0) is 4.74 Å². The van der Waals surface area contributed by atoms with Crippen LogP contribution in [0.15, 0.2) is 42.5 Å². The number of hydrogen-bond acceptors (Lipinski definition) is 3. The predicted octanol–water partition coefficient (Wildman–Crippen LogP) is 4.79. The Labute approximate surface area is 151 Å². The zero-order valence-electron chi connectivity index (χ0n) is 15.9. The maximum atomic E-state index is 11.8. The summed E-state index contributed by atoms with van der Waals surface area (Å²) in [5.74, 6) is 0. The number of nitrogens with one attached hydrogen (secondary N) is 2. The molecule has 0 spiro atoms. The molecule has 0 saturated heterocycles. The first-order valence-corrected chi connectivity index (χ1v) is 9.00. The van der Waals surface area contributed by atoms with E-state index in [4.69, 9.17) is 4.74 Å². The van der Waals surface area contributed by atoms with Gasteiger partial charge >= 0.3 is 6.09 Å². The zero-order chi connectivity index (χ0) is 18.4. The molecule has 0 aromatic heterocycles. The van der Waals surface area contributed by atoms with E-state index < -0.39 is 5.60 Å². The van der Waals surface area contributed by atoms with Gasteiger partial charge in [-0.1, -0.05) is 49.4 Å². The molecule has 0 heterocycles. The van der Waals surface area contributed by atoms with Crippen molar-refractivity contribution in [1.82, 2.24) is 10.6 Å². The largest absolute Gasteiger partial charge is 0.444 e. The number of carbonyl (C=O) groups is 1. The van der Waals surface area contributed by atoms with Crippen molar-refractivity contribution in [2.45, 2.75) is 58.7 Å². The summed E-state index contributed by atoms with van der Waals surface area (Å²) in [5.41, 5.74) is 0.795. The first-order valence-electron chi connectivity index (χ1n) is 9.00. The Morgan fingerprint density at radius 2 is 1.80 bits per heavy atom. The van der Waals surface area contributed by atoms with E-state index in [0.717, 1.165) is 6.42 Å². The van der Waals surface area contributed by atoms with Crippen molar-refractivity contribution in [3.05, 3.63) is 48.0 Å². The fraction of sp³-hybridized carbons (Fsp3) is 0.476. The summed E-state index contributed by atoms with van der Waals surface area (Å²) in [6.07, 6.45) is 0.552.